The van der Waals surface area contributed by atoms with E-state index in [-0.39, 0.29) is 29.5 Å². The van der Waals surface area contributed by atoms with Gasteiger partial charge in [0.05, 0.1) is 11.4 Å². The first-order chi connectivity index (χ1) is 17.3. The van der Waals surface area contributed by atoms with Gasteiger partial charge in [-0.3, -0.25) is 9.78 Å². The van der Waals surface area contributed by atoms with Crippen LogP contribution >= 0.6 is 0 Å². The molecule has 2 aliphatic heterocycles. The highest BCUT2D eigenvalue weighted by Gasteiger charge is 2.47. The van der Waals surface area contributed by atoms with Crippen LogP contribution in [0, 0.1) is 6.92 Å². The van der Waals surface area contributed by atoms with E-state index in [1.807, 2.05) is 13.0 Å². The molecule has 10 nitrogen and oxygen atoms in total. The molecule has 3 heterocycles. The van der Waals surface area contributed by atoms with Crippen molar-refractivity contribution in [3.63, 3.8) is 0 Å². The maximum Gasteiger partial charge on any atom is 0.490 e. The second-order valence-electron chi connectivity index (χ2n) is 8.59. The number of oxime groups is 1. The van der Waals surface area contributed by atoms with Gasteiger partial charge in [0.2, 0.25) is 10.0 Å². The minimum absolute atomic E-state index is 0.173. The van der Waals surface area contributed by atoms with Crippen LogP contribution in [0.25, 0.3) is 0 Å². The Kier molecular flexibility index (Phi) is 8.53. The van der Waals surface area contributed by atoms with E-state index >= 15 is 0 Å². The highest BCUT2D eigenvalue weighted by Crippen LogP contribution is 2.35. The highest BCUT2D eigenvalue weighted by molar-refractivity contribution is 7.89. The Labute approximate surface area is 211 Å². The molecule has 2 N–H and O–H groups in total. The molecular weight excluding hydrogens is 517 g/mol. The van der Waals surface area contributed by atoms with Crippen LogP contribution in [0.5, 0.6) is 0 Å². The molecule has 0 radical (unpaired) electrons. The molecule has 0 aliphatic carbocycles. The lowest BCUT2D eigenvalue weighted by Crippen LogP contribution is -2.50. The zero-order valence-corrected chi connectivity index (χ0v) is 20.6. The minimum Gasteiger partial charge on any atom is -0.475 e. The fourth-order valence-corrected chi connectivity index (χ4v) is 5.32. The molecule has 200 valence electrons. The third-order valence-corrected chi connectivity index (χ3v) is 7.54. The summed E-state index contributed by atoms with van der Waals surface area (Å²) in [4.78, 5) is 31.3. The number of aliphatic carboxylic acids is 1. The maximum atomic E-state index is 13.1. The van der Waals surface area contributed by atoms with Crippen LogP contribution in [0.3, 0.4) is 0 Å². The van der Waals surface area contributed by atoms with E-state index in [0.29, 0.717) is 25.9 Å². The molecule has 1 aromatic heterocycles. The average molecular weight is 543 g/mol. The number of halogens is 3. The van der Waals surface area contributed by atoms with Crippen molar-refractivity contribution >= 4 is 27.6 Å². The summed E-state index contributed by atoms with van der Waals surface area (Å²) in [7, 11) is -3.63. The van der Waals surface area contributed by atoms with Crippen LogP contribution in [0.1, 0.15) is 30.4 Å². The average Bonchev–Trinajstić information content (AvgIpc) is 3.26. The Bertz CT molecular complexity index is 1250. The van der Waals surface area contributed by atoms with Gasteiger partial charge in [-0.05, 0) is 43.5 Å². The molecule has 1 atom stereocenters. The smallest absolute Gasteiger partial charge is 0.475 e. The number of hydrogen-bond donors (Lipinski definition) is 2. The van der Waals surface area contributed by atoms with Crippen molar-refractivity contribution in [1.29, 1.82) is 0 Å². The lowest BCUT2D eigenvalue weighted by atomic mass is 9.89. The van der Waals surface area contributed by atoms with Crippen LogP contribution in [0.2, 0.25) is 0 Å². The van der Waals surface area contributed by atoms with Crippen LogP contribution in [0.4, 0.5) is 13.2 Å². The van der Waals surface area contributed by atoms with Crippen molar-refractivity contribution in [2.45, 2.75) is 49.4 Å². The van der Waals surface area contributed by atoms with Crippen LogP contribution in [-0.4, -0.2) is 65.3 Å². The van der Waals surface area contributed by atoms with Crippen LogP contribution < -0.4 is 5.32 Å². The largest absolute Gasteiger partial charge is 0.490 e. The number of pyridine rings is 1. The molecule has 1 fully saturated rings. The first-order valence-corrected chi connectivity index (χ1v) is 12.6. The molecule has 2 aliphatic rings. The number of hydrogen-bond acceptors (Lipinski definition) is 7. The molecule has 2 aromatic rings. The normalized spacial score (nSPS) is 19.8. The number of alkyl halides is 3. The summed E-state index contributed by atoms with van der Waals surface area (Å²) in [6.45, 7) is 2.85. The Morgan fingerprint density at radius 2 is 1.89 bits per heavy atom. The van der Waals surface area contributed by atoms with E-state index in [9.17, 15) is 26.4 Å². The van der Waals surface area contributed by atoms with Crippen molar-refractivity contribution in [3.8, 4) is 0 Å². The molecule has 0 bridgehead atoms. The van der Waals surface area contributed by atoms with Crippen molar-refractivity contribution in [2.75, 3.05) is 13.1 Å². The first kappa shape index (κ1) is 28.1. The second kappa shape index (κ2) is 11.3. The molecule has 1 aromatic carbocycles. The second-order valence-corrected chi connectivity index (χ2v) is 10.5. The molecular formula is C23H25F3N4O6S. The van der Waals surface area contributed by atoms with Gasteiger partial charge in [-0.25, -0.2) is 13.2 Å². The van der Waals surface area contributed by atoms with Crippen molar-refractivity contribution in [2.24, 2.45) is 5.16 Å². The standard InChI is InChI=1S/C21H24N4O4S.C2HF3O2/c1-16-5-7-18(8-6-16)30(27,28)25-11-3-9-21(15-25)12-19(24-29-21)20(26)23-14-17-4-2-10-22-13-17;3-2(4,5)1(6)7/h2,4-8,10,13H,3,9,11-12,14-15H2,1H3,(H,23,26);(H,6,7). The fraction of sp³-hybridized carbons (Fsp3) is 0.391. The predicted octanol–water partition coefficient (Wildman–Crippen LogP) is 2.64. The number of aromatic nitrogens is 1. The Morgan fingerprint density at radius 3 is 2.49 bits per heavy atom. The van der Waals surface area contributed by atoms with E-state index in [2.05, 4.69) is 15.5 Å². The molecule has 0 saturated carbocycles. The quantitative estimate of drug-likeness (QED) is 0.592. The summed E-state index contributed by atoms with van der Waals surface area (Å²) in [5, 5.41) is 13.9. The van der Waals surface area contributed by atoms with Gasteiger partial charge < -0.3 is 15.3 Å². The summed E-state index contributed by atoms with van der Waals surface area (Å²) in [5.74, 6) is -3.07. The third kappa shape index (κ3) is 7.26. The molecule has 1 saturated heterocycles. The topological polar surface area (TPSA) is 138 Å². The lowest BCUT2D eigenvalue weighted by molar-refractivity contribution is -0.192. The zero-order valence-electron chi connectivity index (χ0n) is 19.7. The number of aryl methyl sites for hydroxylation is 1. The summed E-state index contributed by atoms with van der Waals surface area (Å²) in [5.41, 5.74) is 1.37. The number of carboxylic acids is 1. The predicted molar refractivity (Wildman–Crippen MR) is 125 cm³/mol. The molecule has 1 unspecified atom stereocenters. The molecule has 1 amide bonds. The number of sulfonamides is 1. The van der Waals surface area contributed by atoms with E-state index < -0.39 is 27.8 Å². The van der Waals surface area contributed by atoms with Crippen molar-refractivity contribution in [3.05, 3.63) is 59.9 Å². The van der Waals surface area contributed by atoms with Crippen LogP contribution in [0.15, 0.2) is 58.8 Å². The lowest BCUT2D eigenvalue weighted by Gasteiger charge is -2.37. The number of nitrogens with zero attached hydrogens (tertiary/aromatic N) is 3. The SMILES string of the molecule is Cc1ccc(S(=O)(=O)N2CCCC3(CC(C(=O)NCc4cccnc4)=NO3)C2)cc1.O=C(O)C(F)(F)F. The van der Waals surface area contributed by atoms with Gasteiger partial charge in [-0.15, -0.1) is 0 Å². The van der Waals surface area contributed by atoms with Gasteiger partial charge in [0.1, 0.15) is 5.71 Å². The fourth-order valence-electron chi connectivity index (χ4n) is 3.77. The van der Waals surface area contributed by atoms with Gasteiger partial charge in [0.15, 0.2) is 5.60 Å². The number of rotatable bonds is 5. The van der Waals surface area contributed by atoms with Crippen LogP contribution in [-0.2, 0) is 31.0 Å². The summed E-state index contributed by atoms with van der Waals surface area (Å²) in [6, 6.07) is 10.5. The summed E-state index contributed by atoms with van der Waals surface area (Å²) in [6.07, 6.45) is -0.153. The van der Waals surface area contributed by atoms with E-state index in [4.69, 9.17) is 14.7 Å². The maximum absolute atomic E-state index is 13.1. The molecule has 37 heavy (non-hydrogen) atoms. The van der Waals surface area contributed by atoms with E-state index in [1.54, 1.807) is 42.7 Å². The number of nitrogens with one attached hydrogen (secondary N) is 1. The Balaban J connectivity index is 0.000000479. The monoisotopic (exact) mass is 542 g/mol. The van der Waals surface area contributed by atoms with E-state index in [1.165, 1.54) is 4.31 Å². The number of carbonyl (C=O) groups excluding carboxylic acids is 1. The van der Waals surface area contributed by atoms with E-state index in [0.717, 1.165) is 11.1 Å². The molecule has 1 spiro atoms. The number of benzene rings is 1. The van der Waals surface area contributed by atoms with Gasteiger partial charge >= 0.3 is 12.1 Å². The van der Waals surface area contributed by atoms with Gasteiger partial charge in [0, 0.05) is 31.9 Å². The third-order valence-electron chi connectivity index (χ3n) is 5.68. The number of amides is 1. The Morgan fingerprint density at radius 1 is 1.22 bits per heavy atom. The number of piperidine rings is 1. The van der Waals surface area contributed by atoms with Gasteiger partial charge in [0.25, 0.3) is 5.91 Å². The minimum atomic E-state index is -5.08. The Hall–Kier alpha value is -3.52. The number of carboxylic acid groups (broad SMARTS) is 1. The zero-order chi connectivity index (χ0) is 27.3. The summed E-state index contributed by atoms with van der Waals surface area (Å²) >= 11 is 0. The summed E-state index contributed by atoms with van der Waals surface area (Å²) < 4.78 is 59.3. The van der Waals surface area contributed by atoms with Gasteiger partial charge in [-0.1, -0.05) is 28.9 Å². The molecule has 14 heteroatoms. The first-order valence-electron chi connectivity index (χ1n) is 11.1. The van der Waals surface area contributed by atoms with Crippen molar-refractivity contribution in [1.82, 2.24) is 14.6 Å². The molecule has 4 rings (SSSR count). The number of carbonyl (C=O) groups is 2. The highest BCUT2D eigenvalue weighted by atomic mass is 32.2. The van der Waals surface area contributed by atoms with Crippen molar-refractivity contribution < 1.29 is 41.1 Å². The van der Waals surface area contributed by atoms with Gasteiger partial charge in [-0.2, -0.15) is 17.5 Å².